The first-order chi connectivity index (χ1) is 15.1. The van der Waals surface area contributed by atoms with Gasteiger partial charge in [0.2, 0.25) is 0 Å². The van der Waals surface area contributed by atoms with Crippen molar-refractivity contribution in [3.05, 3.63) is 0 Å². The molecule has 33 heavy (non-hydrogen) atoms. The van der Waals surface area contributed by atoms with E-state index in [9.17, 15) is 9.59 Å². The number of rotatable bonds is 1. The van der Waals surface area contributed by atoms with E-state index in [1.807, 2.05) is 58.4 Å². The van der Waals surface area contributed by atoms with Gasteiger partial charge in [-0.3, -0.25) is 0 Å². The lowest BCUT2D eigenvalue weighted by Crippen LogP contribution is -2.50. The van der Waals surface area contributed by atoms with Gasteiger partial charge in [0.25, 0.3) is 0 Å². The number of carbonyl (C=O) groups excluding carboxylic acids is 2. The summed E-state index contributed by atoms with van der Waals surface area (Å²) in [6.07, 6.45) is 3.81. The third-order valence-electron chi connectivity index (χ3n) is 5.68. The van der Waals surface area contributed by atoms with E-state index in [-0.39, 0.29) is 23.8 Å². The van der Waals surface area contributed by atoms with Crippen LogP contribution in [0.2, 0.25) is 0 Å². The molecule has 0 aromatic heterocycles. The molecule has 0 aromatic rings. The monoisotopic (exact) mass is 472 g/mol. The maximum atomic E-state index is 11.9. The number of nitrogens with zero attached hydrogens (tertiary/aromatic N) is 2. The molecule has 2 saturated heterocycles. The molecular weight excluding hydrogens is 420 g/mol. The van der Waals surface area contributed by atoms with Gasteiger partial charge in [-0.1, -0.05) is 6.92 Å². The molecule has 0 radical (unpaired) electrons. The molecule has 2 fully saturated rings. The van der Waals surface area contributed by atoms with Crippen LogP contribution in [0.25, 0.3) is 0 Å². The molecule has 2 aliphatic rings. The zero-order valence-corrected chi connectivity index (χ0v) is 23.2. The summed E-state index contributed by atoms with van der Waals surface area (Å²) in [5.41, 5.74) is 3.70. The number of likely N-dealkylation sites (tertiary alicyclic amines) is 2. The van der Waals surface area contributed by atoms with Crippen molar-refractivity contribution < 1.29 is 19.1 Å². The van der Waals surface area contributed by atoms with Crippen LogP contribution in [0.3, 0.4) is 0 Å². The van der Waals surface area contributed by atoms with Gasteiger partial charge in [-0.05, 0) is 101 Å². The number of piperidine rings is 2. The molecule has 196 valence electrons. The van der Waals surface area contributed by atoms with Gasteiger partial charge < -0.3 is 30.3 Å². The molecule has 8 nitrogen and oxygen atoms in total. The second-order valence-electron chi connectivity index (χ2n) is 11.2. The third kappa shape index (κ3) is 12.5. The van der Waals surface area contributed by atoms with Crippen LogP contribution in [0.4, 0.5) is 9.59 Å². The maximum Gasteiger partial charge on any atom is 0.410 e. The van der Waals surface area contributed by atoms with Crippen LogP contribution < -0.4 is 11.1 Å². The van der Waals surface area contributed by atoms with Crippen molar-refractivity contribution in [3.8, 4) is 0 Å². The fourth-order valence-corrected chi connectivity index (χ4v) is 4.03. The van der Waals surface area contributed by atoms with Crippen LogP contribution in [0.15, 0.2) is 0 Å². The Morgan fingerprint density at radius 1 is 0.788 bits per heavy atom. The van der Waals surface area contributed by atoms with Gasteiger partial charge in [0, 0.05) is 31.2 Å². The van der Waals surface area contributed by atoms with Crippen LogP contribution in [-0.2, 0) is 9.47 Å². The number of nitrogens with two attached hydrogens (primary N) is 1. The molecule has 2 rings (SSSR count). The van der Waals surface area contributed by atoms with E-state index in [2.05, 4.69) is 31.8 Å². The average molecular weight is 473 g/mol. The summed E-state index contributed by atoms with van der Waals surface area (Å²) in [5.74, 6) is 0.721. The Labute approximate surface area is 202 Å². The van der Waals surface area contributed by atoms with Gasteiger partial charge in [0.05, 0.1) is 0 Å². The number of amides is 2. The van der Waals surface area contributed by atoms with Crippen LogP contribution in [-0.4, -0.2) is 78.5 Å². The first-order valence-corrected chi connectivity index (χ1v) is 12.4. The normalized spacial score (nSPS) is 25.7. The van der Waals surface area contributed by atoms with Crippen molar-refractivity contribution in [1.29, 1.82) is 0 Å². The van der Waals surface area contributed by atoms with E-state index >= 15 is 0 Å². The Balaban J connectivity index is 0.000000578. The quantitative estimate of drug-likeness (QED) is 0.578. The molecule has 3 N–H and O–H groups in total. The number of hydrogen-bond donors (Lipinski definition) is 2. The zero-order chi connectivity index (χ0) is 26.0. The van der Waals surface area contributed by atoms with Crippen molar-refractivity contribution in [3.63, 3.8) is 0 Å². The highest BCUT2D eigenvalue weighted by atomic mass is 16.6. The molecule has 0 bridgehead atoms. The van der Waals surface area contributed by atoms with Crippen LogP contribution >= 0.6 is 0 Å². The van der Waals surface area contributed by atoms with Gasteiger partial charge in [0.15, 0.2) is 0 Å². The number of ether oxygens (including phenoxy) is 2. The van der Waals surface area contributed by atoms with Gasteiger partial charge >= 0.3 is 12.2 Å². The van der Waals surface area contributed by atoms with Gasteiger partial charge in [-0.2, -0.15) is 0 Å². The fourth-order valence-electron chi connectivity index (χ4n) is 4.03. The number of nitrogens with one attached hydrogen (secondary N) is 1. The largest absolute Gasteiger partial charge is 0.444 e. The molecule has 8 heteroatoms. The highest BCUT2D eigenvalue weighted by molar-refractivity contribution is 5.69. The summed E-state index contributed by atoms with van der Waals surface area (Å²) >= 11 is 0. The predicted molar refractivity (Wildman–Crippen MR) is 135 cm³/mol. The van der Waals surface area contributed by atoms with Crippen molar-refractivity contribution in [2.75, 3.05) is 27.2 Å². The summed E-state index contributed by atoms with van der Waals surface area (Å²) in [7, 11) is 3.47. The fraction of sp³-hybridized carbons (Fsp3) is 0.920. The third-order valence-corrected chi connectivity index (χ3v) is 5.68. The summed E-state index contributed by atoms with van der Waals surface area (Å²) in [4.78, 5) is 27.4. The lowest BCUT2D eigenvalue weighted by molar-refractivity contribution is 0.00747. The van der Waals surface area contributed by atoms with Crippen molar-refractivity contribution in [1.82, 2.24) is 15.1 Å². The van der Waals surface area contributed by atoms with Crippen molar-refractivity contribution in [2.45, 2.75) is 117 Å². The molecule has 0 unspecified atom stereocenters. The minimum absolute atomic E-state index is 0.165. The van der Waals surface area contributed by atoms with E-state index in [0.29, 0.717) is 12.1 Å². The molecule has 0 saturated carbocycles. The smallest absolute Gasteiger partial charge is 0.410 e. The SMILES string of the molecule is CN.CN[C@H]1CCN(C(=O)OC(C)(C)C)[C@@H](C)C1.C[C@@H]1CCN(C(=O)OC(C)(C)C)[C@@H](C)C1. The molecule has 0 aliphatic carbocycles. The standard InChI is InChI=1S/C12H24N2O2.C12H23NO2.CH5N/c1-9-8-10(13-5)6-7-14(9)11(15)16-12(2,3)4;1-9-6-7-13(10(2)8-9)11(14)15-12(3,4)5;1-2/h9-10,13H,6-8H2,1-5H3;9-10H,6-8H2,1-5H3;2H2,1H3/t9-,10-;9-,10+;/m01./s1. The van der Waals surface area contributed by atoms with E-state index in [4.69, 9.17) is 9.47 Å². The molecule has 0 aromatic carbocycles. The van der Waals surface area contributed by atoms with Gasteiger partial charge in [-0.15, -0.1) is 0 Å². The lowest BCUT2D eigenvalue weighted by atomic mass is 9.94. The van der Waals surface area contributed by atoms with E-state index < -0.39 is 5.60 Å². The van der Waals surface area contributed by atoms with Crippen LogP contribution in [0.5, 0.6) is 0 Å². The van der Waals surface area contributed by atoms with E-state index in [1.54, 1.807) is 0 Å². The first-order valence-electron chi connectivity index (χ1n) is 12.4. The average Bonchev–Trinajstić information content (AvgIpc) is 2.67. The molecule has 2 aliphatic heterocycles. The Bertz CT molecular complexity index is 586. The first kappa shape index (κ1) is 31.5. The van der Waals surface area contributed by atoms with Gasteiger partial charge in [0.1, 0.15) is 11.2 Å². The lowest BCUT2D eigenvalue weighted by Gasteiger charge is -2.38. The Morgan fingerprint density at radius 2 is 1.18 bits per heavy atom. The summed E-state index contributed by atoms with van der Waals surface area (Å²) in [6, 6.07) is 1.08. The summed E-state index contributed by atoms with van der Waals surface area (Å²) in [5, 5.41) is 3.26. The van der Waals surface area contributed by atoms with E-state index in [1.165, 1.54) is 7.05 Å². The van der Waals surface area contributed by atoms with Crippen LogP contribution in [0.1, 0.15) is 88.0 Å². The molecule has 4 atom stereocenters. The topological polar surface area (TPSA) is 97.1 Å². The van der Waals surface area contributed by atoms with Crippen molar-refractivity contribution >= 4 is 12.2 Å². The number of carbonyl (C=O) groups is 2. The van der Waals surface area contributed by atoms with Crippen molar-refractivity contribution in [2.24, 2.45) is 11.7 Å². The molecule has 2 amide bonds. The highest BCUT2D eigenvalue weighted by Gasteiger charge is 2.31. The van der Waals surface area contributed by atoms with Crippen LogP contribution in [0, 0.1) is 5.92 Å². The zero-order valence-electron chi connectivity index (χ0n) is 23.2. The summed E-state index contributed by atoms with van der Waals surface area (Å²) < 4.78 is 10.8. The highest BCUT2D eigenvalue weighted by Crippen LogP contribution is 2.24. The second kappa shape index (κ2) is 14.0. The predicted octanol–water partition coefficient (Wildman–Crippen LogP) is 4.61. The Kier molecular flexibility index (Phi) is 13.3. The van der Waals surface area contributed by atoms with E-state index in [0.717, 1.165) is 44.7 Å². The Hall–Kier alpha value is -1.54. The second-order valence-corrected chi connectivity index (χ2v) is 11.2. The molecule has 2 heterocycles. The van der Waals surface area contributed by atoms with Gasteiger partial charge in [-0.25, -0.2) is 9.59 Å². The maximum absolute atomic E-state index is 11.9. The summed E-state index contributed by atoms with van der Waals surface area (Å²) in [6.45, 7) is 19.4. The molecule has 0 spiro atoms. The minimum Gasteiger partial charge on any atom is -0.444 e. The Morgan fingerprint density at radius 3 is 1.52 bits per heavy atom. The minimum atomic E-state index is -0.406. The number of hydrogen-bond acceptors (Lipinski definition) is 6. The molecular formula is C25H52N4O4.